The second kappa shape index (κ2) is 10.5. The van der Waals surface area contributed by atoms with E-state index in [1.54, 1.807) is 59.8 Å². The Morgan fingerprint density at radius 1 is 0.968 bits per heavy atom. The molecular formula is C23H28N2O5S. The van der Waals surface area contributed by atoms with Crippen LogP contribution in [0.15, 0.2) is 53.4 Å². The predicted molar refractivity (Wildman–Crippen MR) is 118 cm³/mol. The summed E-state index contributed by atoms with van der Waals surface area (Å²) < 4.78 is 31.9. The normalized spacial score (nSPS) is 14.7. The van der Waals surface area contributed by atoms with Crippen molar-refractivity contribution < 1.29 is 22.7 Å². The lowest BCUT2D eigenvalue weighted by Crippen LogP contribution is -2.35. The number of nitrogens with zero attached hydrogens (tertiary/aromatic N) is 1. The standard InChI is InChI=1S/C23H28N2O5S/c1-2-30-23(27)19-9-11-20(12-10-19)24-22(26)15-8-18-6-13-21(14-7-18)31(28,29)25-16-4-3-5-17-25/h6-7,9-14H,2-5,8,15-17H2,1H3,(H,24,26). The zero-order valence-corrected chi connectivity index (χ0v) is 18.5. The topological polar surface area (TPSA) is 92.8 Å². The van der Waals surface area contributed by atoms with Crippen molar-refractivity contribution in [2.45, 2.75) is 43.9 Å². The van der Waals surface area contributed by atoms with Crippen molar-refractivity contribution in [3.63, 3.8) is 0 Å². The molecule has 31 heavy (non-hydrogen) atoms. The monoisotopic (exact) mass is 444 g/mol. The van der Waals surface area contributed by atoms with Crippen LogP contribution >= 0.6 is 0 Å². The molecule has 8 heteroatoms. The molecular weight excluding hydrogens is 416 g/mol. The van der Waals surface area contributed by atoms with E-state index in [0.29, 0.717) is 42.3 Å². The lowest BCUT2D eigenvalue weighted by atomic mass is 10.1. The molecule has 0 unspecified atom stereocenters. The summed E-state index contributed by atoms with van der Waals surface area (Å²) in [6.07, 6.45) is 3.63. The lowest BCUT2D eigenvalue weighted by Gasteiger charge is -2.25. The lowest BCUT2D eigenvalue weighted by molar-refractivity contribution is -0.116. The zero-order chi connectivity index (χ0) is 22.3. The first kappa shape index (κ1) is 23.0. The number of rotatable bonds is 8. The third kappa shape index (κ3) is 6.15. The second-order valence-electron chi connectivity index (χ2n) is 7.45. The van der Waals surface area contributed by atoms with E-state index >= 15 is 0 Å². The number of esters is 1. The van der Waals surface area contributed by atoms with Gasteiger partial charge >= 0.3 is 5.97 Å². The van der Waals surface area contributed by atoms with Gasteiger partial charge in [-0.25, -0.2) is 13.2 Å². The van der Waals surface area contributed by atoms with Crippen LogP contribution in [0.2, 0.25) is 0 Å². The van der Waals surface area contributed by atoms with Crippen LogP contribution in [0.4, 0.5) is 5.69 Å². The van der Waals surface area contributed by atoms with Gasteiger partial charge in [0.05, 0.1) is 17.1 Å². The van der Waals surface area contributed by atoms with Crippen LogP contribution in [-0.2, 0) is 26.0 Å². The van der Waals surface area contributed by atoms with E-state index in [2.05, 4.69) is 5.32 Å². The average molecular weight is 445 g/mol. The van der Waals surface area contributed by atoms with E-state index in [9.17, 15) is 18.0 Å². The van der Waals surface area contributed by atoms with E-state index in [4.69, 9.17) is 4.74 Å². The van der Waals surface area contributed by atoms with Gasteiger partial charge in [-0.3, -0.25) is 4.79 Å². The van der Waals surface area contributed by atoms with Crippen molar-refractivity contribution in [3.8, 4) is 0 Å². The van der Waals surface area contributed by atoms with Crippen LogP contribution in [0.1, 0.15) is 48.5 Å². The molecule has 2 aromatic rings. The van der Waals surface area contributed by atoms with Crippen molar-refractivity contribution in [2.75, 3.05) is 25.0 Å². The van der Waals surface area contributed by atoms with Crippen molar-refractivity contribution in [1.82, 2.24) is 4.31 Å². The molecule has 1 aliphatic rings. The summed E-state index contributed by atoms with van der Waals surface area (Å²) in [6, 6.07) is 13.3. The minimum absolute atomic E-state index is 0.158. The summed E-state index contributed by atoms with van der Waals surface area (Å²) in [7, 11) is -3.44. The van der Waals surface area contributed by atoms with Crippen LogP contribution in [0.25, 0.3) is 0 Å². The molecule has 1 N–H and O–H groups in total. The number of aryl methyl sites for hydroxylation is 1. The SMILES string of the molecule is CCOC(=O)c1ccc(NC(=O)CCc2ccc(S(=O)(=O)N3CCCCC3)cc2)cc1. The molecule has 1 amide bonds. The Morgan fingerprint density at radius 2 is 1.61 bits per heavy atom. The van der Waals surface area contributed by atoms with Crippen LogP contribution in [-0.4, -0.2) is 44.3 Å². The Balaban J connectivity index is 1.52. The molecule has 0 saturated carbocycles. The number of ether oxygens (including phenoxy) is 1. The Hall–Kier alpha value is -2.71. The third-order valence-corrected chi connectivity index (χ3v) is 7.11. The molecule has 1 aliphatic heterocycles. The molecule has 0 bridgehead atoms. The highest BCUT2D eigenvalue weighted by atomic mass is 32.2. The fourth-order valence-corrected chi connectivity index (χ4v) is 4.98. The highest BCUT2D eigenvalue weighted by Gasteiger charge is 2.25. The maximum absolute atomic E-state index is 12.7. The van der Waals surface area contributed by atoms with Gasteiger partial charge in [0.1, 0.15) is 0 Å². The van der Waals surface area contributed by atoms with Crippen molar-refractivity contribution >= 4 is 27.6 Å². The Labute approximate surface area is 183 Å². The number of anilines is 1. The Morgan fingerprint density at radius 3 is 2.23 bits per heavy atom. The molecule has 0 spiro atoms. The molecule has 0 aliphatic carbocycles. The number of hydrogen-bond donors (Lipinski definition) is 1. The number of hydrogen-bond acceptors (Lipinski definition) is 5. The number of sulfonamides is 1. The fraction of sp³-hybridized carbons (Fsp3) is 0.391. The first-order valence-corrected chi connectivity index (χ1v) is 12.0. The minimum Gasteiger partial charge on any atom is -0.462 e. The third-order valence-electron chi connectivity index (χ3n) is 5.20. The summed E-state index contributed by atoms with van der Waals surface area (Å²) in [5, 5.41) is 2.80. The van der Waals surface area contributed by atoms with E-state index in [1.807, 2.05) is 0 Å². The van der Waals surface area contributed by atoms with Gasteiger partial charge in [0.15, 0.2) is 0 Å². The van der Waals surface area contributed by atoms with E-state index in [0.717, 1.165) is 24.8 Å². The Bertz CT molecular complexity index is 995. The number of carbonyl (C=O) groups excluding carboxylic acids is 2. The van der Waals surface area contributed by atoms with Gasteiger partial charge in [-0.2, -0.15) is 4.31 Å². The molecule has 1 saturated heterocycles. The number of piperidine rings is 1. The predicted octanol–water partition coefficient (Wildman–Crippen LogP) is 3.61. The summed E-state index contributed by atoms with van der Waals surface area (Å²) in [6.45, 7) is 3.20. The van der Waals surface area contributed by atoms with Crippen LogP contribution in [0.3, 0.4) is 0 Å². The molecule has 2 aromatic carbocycles. The molecule has 166 valence electrons. The van der Waals surface area contributed by atoms with Gasteiger partial charge in [0.2, 0.25) is 15.9 Å². The zero-order valence-electron chi connectivity index (χ0n) is 17.7. The fourth-order valence-electron chi connectivity index (χ4n) is 3.47. The maximum atomic E-state index is 12.7. The van der Waals surface area contributed by atoms with Gasteiger partial charge in [-0.05, 0) is 68.1 Å². The first-order valence-electron chi connectivity index (χ1n) is 10.6. The number of benzene rings is 2. The van der Waals surface area contributed by atoms with Gasteiger partial charge in [0, 0.05) is 25.2 Å². The van der Waals surface area contributed by atoms with Crippen LogP contribution in [0.5, 0.6) is 0 Å². The summed E-state index contributed by atoms with van der Waals surface area (Å²) in [5.41, 5.74) is 1.92. The molecule has 1 heterocycles. The minimum atomic E-state index is -3.44. The maximum Gasteiger partial charge on any atom is 0.338 e. The van der Waals surface area contributed by atoms with Crippen LogP contribution in [0, 0.1) is 0 Å². The summed E-state index contributed by atoms with van der Waals surface area (Å²) in [4.78, 5) is 24.2. The molecule has 0 aromatic heterocycles. The summed E-state index contributed by atoms with van der Waals surface area (Å²) in [5.74, 6) is -0.556. The average Bonchev–Trinajstić information content (AvgIpc) is 2.79. The van der Waals surface area contributed by atoms with Gasteiger partial charge < -0.3 is 10.1 Å². The molecule has 3 rings (SSSR count). The highest BCUT2D eigenvalue weighted by Crippen LogP contribution is 2.21. The smallest absolute Gasteiger partial charge is 0.338 e. The summed E-state index contributed by atoms with van der Waals surface area (Å²) >= 11 is 0. The van der Waals surface area contributed by atoms with Crippen molar-refractivity contribution in [3.05, 3.63) is 59.7 Å². The number of amides is 1. The van der Waals surface area contributed by atoms with Crippen molar-refractivity contribution in [1.29, 1.82) is 0 Å². The number of nitrogens with one attached hydrogen (secondary N) is 1. The quantitative estimate of drug-likeness (QED) is 0.628. The highest BCUT2D eigenvalue weighted by molar-refractivity contribution is 7.89. The molecule has 0 atom stereocenters. The largest absolute Gasteiger partial charge is 0.462 e. The second-order valence-corrected chi connectivity index (χ2v) is 9.39. The van der Waals surface area contributed by atoms with Gasteiger partial charge in [0.25, 0.3) is 0 Å². The number of carbonyl (C=O) groups is 2. The molecule has 7 nitrogen and oxygen atoms in total. The van der Waals surface area contributed by atoms with Crippen molar-refractivity contribution in [2.24, 2.45) is 0 Å². The van der Waals surface area contributed by atoms with E-state index in [1.165, 1.54) is 0 Å². The Kier molecular flexibility index (Phi) is 7.81. The van der Waals surface area contributed by atoms with E-state index in [-0.39, 0.29) is 12.3 Å². The molecule has 1 fully saturated rings. The first-order chi connectivity index (χ1) is 14.9. The van der Waals surface area contributed by atoms with Gasteiger partial charge in [-0.15, -0.1) is 0 Å². The van der Waals surface area contributed by atoms with E-state index < -0.39 is 16.0 Å². The van der Waals surface area contributed by atoms with Crippen LogP contribution < -0.4 is 5.32 Å². The van der Waals surface area contributed by atoms with Gasteiger partial charge in [-0.1, -0.05) is 18.6 Å². The molecule has 0 radical (unpaired) electrons.